The van der Waals surface area contributed by atoms with Crippen LogP contribution < -0.4 is 16.1 Å². The number of hydroxylamine groups is 2. The van der Waals surface area contributed by atoms with Crippen molar-refractivity contribution in [2.24, 2.45) is 0 Å². The minimum absolute atomic E-state index is 0.00582. The summed E-state index contributed by atoms with van der Waals surface area (Å²) in [6.45, 7) is 0.723. The molecule has 1 aliphatic carbocycles. The van der Waals surface area contributed by atoms with Crippen LogP contribution in [0.1, 0.15) is 48.9 Å². The molecule has 240 valence electrons. The first-order valence-corrected chi connectivity index (χ1v) is 15.0. The summed E-state index contributed by atoms with van der Waals surface area (Å²) in [5.74, 6) is -2.96. The number of hydrogen-bond acceptors (Lipinski definition) is 8. The number of phenols is 1. The van der Waals surface area contributed by atoms with Gasteiger partial charge in [0.1, 0.15) is 17.1 Å². The summed E-state index contributed by atoms with van der Waals surface area (Å²) >= 11 is 5.41. The summed E-state index contributed by atoms with van der Waals surface area (Å²) in [6.07, 6.45) is 6.47. The molecular weight excluding hydrogens is 614 g/mol. The van der Waals surface area contributed by atoms with Gasteiger partial charge in [-0.2, -0.15) is 0 Å². The molecule has 2 aromatic carbocycles. The van der Waals surface area contributed by atoms with Crippen molar-refractivity contribution in [1.82, 2.24) is 10.4 Å². The summed E-state index contributed by atoms with van der Waals surface area (Å²) in [5, 5.41) is 45.8. The smallest absolute Gasteiger partial charge is 0.336 e. The number of carbonyl (C=O) groups excluding carboxylic acids is 1. The molecule has 0 atom stereocenters. The molecule has 0 fully saturated rings. The second-order valence-electron chi connectivity index (χ2n) is 10.5. The van der Waals surface area contributed by atoms with Gasteiger partial charge in [-0.3, -0.25) is 14.8 Å². The number of amides is 1. The quantitative estimate of drug-likeness (QED) is 0.0254. The molecule has 0 saturated heterocycles. The van der Waals surface area contributed by atoms with E-state index in [2.05, 4.69) is 10.6 Å². The zero-order valence-corrected chi connectivity index (χ0v) is 25.5. The second kappa shape index (κ2) is 15.6. The molecule has 1 aliphatic heterocycles. The van der Waals surface area contributed by atoms with Gasteiger partial charge in [-0.05, 0) is 67.0 Å². The van der Waals surface area contributed by atoms with E-state index >= 15 is 0 Å². The lowest BCUT2D eigenvalue weighted by Gasteiger charge is -2.18. The number of phenolic OH excluding ortho intramolecular Hbond substituents is 1. The Kier molecular flexibility index (Phi) is 11.4. The van der Waals surface area contributed by atoms with Crippen LogP contribution in [0, 0.1) is 0 Å². The van der Waals surface area contributed by atoms with E-state index in [4.69, 9.17) is 21.7 Å². The fraction of sp³-hybridized carbons (Fsp3) is 0.242. The van der Waals surface area contributed by atoms with E-state index in [1.54, 1.807) is 24.3 Å². The minimum atomic E-state index is -1.26. The van der Waals surface area contributed by atoms with Gasteiger partial charge in [-0.15, -0.1) is 0 Å². The van der Waals surface area contributed by atoms with Gasteiger partial charge in [-0.1, -0.05) is 31.7 Å². The van der Waals surface area contributed by atoms with E-state index in [0.717, 1.165) is 38.2 Å². The number of carboxylic acids is 2. The van der Waals surface area contributed by atoms with E-state index in [9.17, 15) is 34.6 Å². The standard InChI is InChI=1S/C33H33N3O9S/c37-21-8-11-24-27(18-21)45-28-19-22(38)9-12-25(28)31(24)23-10-7-20(17-26(23)32(42)43)35-33(46)34-15-5-3-1-2-4-6-16-36(44)29(39)13-14-30(40)41/h7-14,17-19,37,44H,1-6,15-16H2,(H,40,41)(H,42,43)(H2,34,35,46)/b14-13+. The number of rotatable bonds is 14. The molecular formula is C33H33N3O9S. The van der Waals surface area contributed by atoms with Crippen LogP contribution in [0.5, 0.6) is 5.75 Å². The fourth-order valence-corrected chi connectivity index (χ4v) is 5.20. The number of aromatic carboxylic acids is 1. The van der Waals surface area contributed by atoms with Crippen molar-refractivity contribution < 1.29 is 39.3 Å². The first-order chi connectivity index (χ1) is 22.0. The van der Waals surface area contributed by atoms with Gasteiger partial charge in [0.2, 0.25) is 0 Å². The maximum atomic E-state index is 12.4. The Bertz CT molecular complexity index is 1820. The first kappa shape index (κ1) is 33.6. The normalized spacial score (nSPS) is 11.2. The highest BCUT2D eigenvalue weighted by Gasteiger charge is 2.22. The lowest BCUT2D eigenvalue weighted by molar-refractivity contribution is -0.159. The number of hydrogen-bond donors (Lipinski definition) is 6. The van der Waals surface area contributed by atoms with Gasteiger partial charge < -0.3 is 30.4 Å². The SMILES string of the molecule is O=C(O)/C=C/C(=O)N(O)CCCCCCCCNC(=S)Nc1ccc(-c2c3ccc(=O)cc-3oc3cc(O)ccc23)c(C(=O)O)c1. The molecule has 6 N–H and O–H groups in total. The Balaban J connectivity index is 1.31. The molecule has 1 amide bonds. The maximum Gasteiger partial charge on any atom is 0.336 e. The van der Waals surface area contributed by atoms with Crippen LogP contribution in [0.4, 0.5) is 5.69 Å². The molecule has 2 aliphatic rings. The molecule has 0 radical (unpaired) electrons. The predicted molar refractivity (Wildman–Crippen MR) is 175 cm³/mol. The van der Waals surface area contributed by atoms with Crippen molar-refractivity contribution in [3.63, 3.8) is 0 Å². The first-order valence-electron chi connectivity index (χ1n) is 14.6. The molecule has 0 unspecified atom stereocenters. The van der Waals surface area contributed by atoms with Crippen molar-refractivity contribution >= 4 is 51.8 Å². The highest BCUT2D eigenvalue weighted by molar-refractivity contribution is 7.80. The third kappa shape index (κ3) is 8.89. The number of thiocarbonyl (C=S) groups is 1. The fourth-order valence-electron chi connectivity index (χ4n) is 4.98. The summed E-state index contributed by atoms with van der Waals surface area (Å²) in [4.78, 5) is 46.4. The molecule has 4 rings (SSSR count). The number of aromatic hydroxyl groups is 1. The molecule has 1 heterocycles. The molecule has 2 aromatic rings. The summed E-state index contributed by atoms with van der Waals surface area (Å²) in [5.41, 5.74) is 2.02. The number of nitrogens with one attached hydrogen (secondary N) is 2. The van der Waals surface area contributed by atoms with Crippen LogP contribution in [0.3, 0.4) is 0 Å². The van der Waals surface area contributed by atoms with Crippen molar-refractivity contribution in [3.05, 3.63) is 82.5 Å². The molecule has 0 saturated carbocycles. The average molecular weight is 648 g/mol. The largest absolute Gasteiger partial charge is 0.508 e. The monoisotopic (exact) mass is 647 g/mol. The lowest BCUT2D eigenvalue weighted by Crippen LogP contribution is -2.29. The topological polar surface area (TPSA) is 190 Å². The number of aliphatic carboxylic acids is 1. The molecule has 12 nitrogen and oxygen atoms in total. The van der Waals surface area contributed by atoms with E-state index < -0.39 is 17.8 Å². The highest BCUT2D eigenvalue weighted by Crippen LogP contribution is 2.42. The van der Waals surface area contributed by atoms with Gasteiger partial charge in [0.05, 0.1) is 5.56 Å². The molecule has 13 heteroatoms. The minimum Gasteiger partial charge on any atom is -0.508 e. The van der Waals surface area contributed by atoms with Gasteiger partial charge in [0, 0.05) is 59.6 Å². The van der Waals surface area contributed by atoms with E-state index in [0.29, 0.717) is 62.6 Å². The number of carboxylic acid groups (broad SMARTS) is 2. The maximum absolute atomic E-state index is 12.4. The predicted octanol–water partition coefficient (Wildman–Crippen LogP) is 5.45. The Hall–Kier alpha value is -5.27. The molecule has 0 aromatic heterocycles. The van der Waals surface area contributed by atoms with Crippen LogP contribution in [0.15, 0.2) is 76.0 Å². The third-order valence-corrected chi connectivity index (χ3v) is 7.41. The number of nitrogens with zero attached hydrogens (tertiary/aromatic N) is 1. The number of anilines is 1. The number of carbonyl (C=O) groups is 3. The van der Waals surface area contributed by atoms with Crippen LogP contribution >= 0.6 is 12.2 Å². The average Bonchev–Trinajstić information content (AvgIpc) is 3.01. The van der Waals surface area contributed by atoms with Crippen molar-refractivity contribution in [2.75, 3.05) is 18.4 Å². The van der Waals surface area contributed by atoms with E-state index in [-0.39, 0.29) is 29.0 Å². The highest BCUT2D eigenvalue weighted by atomic mass is 32.1. The van der Waals surface area contributed by atoms with Crippen LogP contribution in [-0.2, 0) is 9.59 Å². The van der Waals surface area contributed by atoms with Crippen molar-refractivity contribution in [1.29, 1.82) is 0 Å². The number of unbranched alkanes of at least 4 members (excludes halogenated alkanes) is 5. The van der Waals surface area contributed by atoms with Crippen LogP contribution in [0.25, 0.3) is 33.4 Å². The van der Waals surface area contributed by atoms with Gasteiger partial charge in [-0.25, -0.2) is 14.7 Å². The number of benzene rings is 3. The zero-order chi connectivity index (χ0) is 33.2. The third-order valence-electron chi connectivity index (χ3n) is 7.16. The molecule has 46 heavy (non-hydrogen) atoms. The number of fused-ring (bicyclic) bond motifs is 2. The summed E-state index contributed by atoms with van der Waals surface area (Å²) in [7, 11) is 0. The van der Waals surface area contributed by atoms with Crippen LogP contribution in [-0.4, -0.2) is 61.6 Å². The summed E-state index contributed by atoms with van der Waals surface area (Å²) < 4.78 is 5.87. The Morgan fingerprint density at radius 3 is 2.33 bits per heavy atom. The lowest BCUT2D eigenvalue weighted by atomic mass is 9.90. The summed E-state index contributed by atoms with van der Waals surface area (Å²) in [6, 6.07) is 13.7. The Morgan fingerprint density at radius 2 is 1.59 bits per heavy atom. The van der Waals surface area contributed by atoms with Crippen molar-refractivity contribution in [2.45, 2.75) is 38.5 Å². The van der Waals surface area contributed by atoms with E-state index in [1.165, 1.54) is 30.3 Å². The molecule has 0 bridgehead atoms. The van der Waals surface area contributed by atoms with Gasteiger partial charge >= 0.3 is 11.9 Å². The van der Waals surface area contributed by atoms with Crippen LogP contribution in [0.2, 0.25) is 0 Å². The Morgan fingerprint density at radius 1 is 0.870 bits per heavy atom. The van der Waals surface area contributed by atoms with Gasteiger partial charge in [0.15, 0.2) is 10.5 Å². The zero-order valence-electron chi connectivity index (χ0n) is 24.7. The van der Waals surface area contributed by atoms with Gasteiger partial charge in [0.25, 0.3) is 5.91 Å². The Labute approximate surface area is 268 Å². The molecule has 0 spiro atoms. The van der Waals surface area contributed by atoms with E-state index in [1.807, 2.05) is 0 Å². The second-order valence-corrected chi connectivity index (χ2v) is 10.9. The van der Waals surface area contributed by atoms with Crippen molar-refractivity contribution in [3.8, 4) is 28.2 Å².